The van der Waals surface area contributed by atoms with Gasteiger partial charge in [0.15, 0.2) is 0 Å². The van der Waals surface area contributed by atoms with E-state index in [1.165, 1.54) is 18.4 Å². The summed E-state index contributed by atoms with van der Waals surface area (Å²) in [6.07, 6.45) is 4.79. The summed E-state index contributed by atoms with van der Waals surface area (Å²) in [5.74, 6) is 0.821. The van der Waals surface area contributed by atoms with Crippen molar-refractivity contribution in [2.75, 3.05) is 6.54 Å². The second-order valence-corrected chi connectivity index (χ2v) is 7.16. The molecular formula is C21H24N2O. The molecule has 24 heavy (non-hydrogen) atoms. The largest absolute Gasteiger partial charge is 0.343 e. The van der Waals surface area contributed by atoms with Gasteiger partial charge in [-0.15, -0.1) is 0 Å². The second kappa shape index (κ2) is 6.40. The third-order valence-electron chi connectivity index (χ3n) is 5.74. The molecule has 2 heterocycles. The monoisotopic (exact) mass is 320 g/mol. The number of carbonyl (C=O) groups is 1. The maximum absolute atomic E-state index is 12.8. The Balaban J connectivity index is 1.65. The maximum Gasteiger partial charge on any atom is 0.251 e. The molecule has 2 saturated heterocycles. The highest BCUT2D eigenvalue weighted by Gasteiger charge is 2.46. The molecule has 1 saturated carbocycles. The van der Waals surface area contributed by atoms with E-state index >= 15 is 0 Å². The quantitative estimate of drug-likeness (QED) is 0.902. The summed E-state index contributed by atoms with van der Waals surface area (Å²) in [6.45, 7) is 1.07. The van der Waals surface area contributed by atoms with Crippen molar-refractivity contribution in [1.82, 2.24) is 10.6 Å². The molecule has 0 radical (unpaired) electrons. The fraction of sp³-hybridized carbons (Fsp3) is 0.381. The molecule has 3 nitrogen and oxygen atoms in total. The molecular weight excluding hydrogens is 296 g/mol. The van der Waals surface area contributed by atoms with E-state index in [-0.39, 0.29) is 17.5 Å². The van der Waals surface area contributed by atoms with Crippen LogP contribution in [-0.4, -0.2) is 18.0 Å². The molecule has 0 unspecified atom stereocenters. The van der Waals surface area contributed by atoms with Gasteiger partial charge in [0.25, 0.3) is 5.91 Å². The van der Waals surface area contributed by atoms with Gasteiger partial charge in [-0.3, -0.25) is 4.79 Å². The summed E-state index contributed by atoms with van der Waals surface area (Å²) >= 11 is 0. The van der Waals surface area contributed by atoms with Gasteiger partial charge in [0.05, 0.1) is 6.04 Å². The van der Waals surface area contributed by atoms with Crippen molar-refractivity contribution < 1.29 is 4.79 Å². The van der Waals surface area contributed by atoms with Crippen LogP contribution in [0.3, 0.4) is 0 Å². The molecule has 2 bridgehead atoms. The molecule has 2 aromatic carbocycles. The molecule has 3 heteroatoms. The summed E-state index contributed by atoms with van der Waals surface area (Å²) < 4.78 is 0. The molecule has 3 aliphatic rings. The summed E-state index contributed by atoms with van der Waals surface area (Å²) in [6, 6.07) is 19.9. The highest BCUT2D eigenvalue weighted by Crippen LogP contribution is 2.44. The average Bonchev–Trinajstić information content (AvgIpc) is 2.68. The predicted molar refractivity (Wildman–Crippen MR) is 95.8 cm³/mol. The van der Waals surface area contributed by atoms with Crippen molar-refractivity contribution in [1.29, 1.82) is 0 Å². The first-order chi connectivity index (χ1) is 11.8. The van der Waals surface area contributed by atoms with Crippen LogP contribution in [0.1, 0.15) is 47.6 Å². The number of hydrogen-bond donors (Lipinski definition) is 2. The van der Waals surface area contributed by atoms with Crippen LogP contribution in [0.4, 0.5) is 0 Å². The lowest BCUT2D eigenvalue weighted by Crippen LogP contribution is -2.62. The smallest absolute Gasteiger partial charge is 0.251 e. The van der Waals surface area contributed by atoms with Gasteiger partial charge >= 0.3 is 0 Å². The Hall–Kier alpha value is -2.13. The molecule has 1 aliphatic carbocycles. The number of benzene rings is 2. The Morgan fingerprint density at radius 3 is 2.21 bits per heavy atom. The SMILES string of the molecule is O=C(N[C@H](c1ccccc1)C12CCC(CC1)CN2)c1ccccc1. The van der Waals surface area contributed by atoms with E-state index in [0.717, 1.165) is 30.9 Å². The second-order valence-electron chi connectivity index (χ2n) is 7.16. The van der Waals surface area contributed by atoms with Gasteiger partial charge in [0, 0.05) is 11.1 Å². The van der Waals surface area contributed by atoms with E-state index in [2.05, 4.69) is 34.9 Å². The van der Waals surface area contributed by atoms with Crippen molar-refractivity contribution in [2.24, 2.45) is 5.92 Å². The first kappa shape index (κ1) is 15.4. The van der Waals surface area contributed by atoms with Crippen LogP contribution in [0.5, 0.6) is 0 Å². The summed E-state index contributed by atoms with van der Waals surface area (Å²) in [4.78, 5) is 12.8. The summed E-state index contributed by atoms with van der Waals surface area (Å²) in [5.41, 5.74) is 1.90. The minimum Gasteiger partial charge on any atom is -0.343 e. The topological polar surface area (TPSA) is 41.1 Å². The Labute approximate surface area is 143 Å². The van der Waals surface area contributed by atoms with Crippen LogP contribution in [0.15, 0.2) is 60.7 Å². The van der Waals surface area contributed by atoms with E-state index in [0.29, 0.717) is 0 Å². The van der Waals surface area contributed by atoms with Crippen LogP contribution in [-0.2, 0) is 0 Å². The minimum atomic E-state index is -0.0133. The van der Waals surface area contributed by atoms with Crippen LogP contribution in [0.2, 0.25) is 0 Å². The van der Waals surface area contributed by atoms with Crippen molar-refractivity contribution >= 4 is 5.91 Å². The van der Waals surface area contributed by atoms with Crippen LogP contribution >= 0.6 is 0 Å². The normalized spacial score (nSPS) is 26.8. The lowest BCUT2D eigenvalue weighted by Gasteiger charge is -2.52. The van der Waals surface area contributed by atoms with Gasteiger partial charge in [-0.25, -0.2) is 0 Å². The molecule has 1 atom stereocenters. The van der Waals surface area contributed by atoms with Crippen molar-refractivity contribution in [2.45, 2.75) is 37.3 Å². The molecule has 2 aromatic rings. The minimum absolute atomic E-state index is 0.00709. The molecule has 2 N–H and O–H groups in total. The zero-order chi connectivity index (χ0) is 16.4. The first-order valence-corrected chi connectivity index (χ1v) is 8.93. The van der Waals surface area contributed by atoms with Gasteiger partial charge in [0.2, 0.25) is 0 Å². The molecule has 2 aliphatic heterocycles. The molecule has 5 rings (SSSR count). The van der Waals surface area contributed by atoms with Crippen LogP contribution in [0.25, 0.3) is 0 Å². The number of amides is 1. The molecule has 1 amide bonds. The Morgan fingerprint density at radius 1 is 1.00 bits per heavy atom. The van der Waals surface area contributed by atoms with Crippen LogP contribution < -0.4 is 10.6 Å². The van der Waals surface area contributed by atoms with Crippen molar-refractivity contribution in [3.63, 3.8) is 0 Å². The highest BCUT2D eigenvalue weighted by atomic mass is 16.1. The van der Waals surface area contributed by atoms with Gasteiger partial charge in [0.1, 0.15) is 0 Å². The number of nitrogens with one attached hydrogen (secondary N) is 2. The zero-order valence-electron chi connectivity index (χ0n) is 13.9. The standard InChI is InChI=1S/C21H24N2O/c24-20(18-9-5-2-6-10-18)23-19(17-7-3-1-4-8-17)21-13-11-16(12-14-21)15-22-21/h1-10,16,19,22H,11-15H2,(H,23,24)/t16?,19-,21?/m1/s1. The average molecular weight is 320 g/mol. The Kier molecular flexibility index (Phi) is 4.11. The van der Waals surface area contributed by atoms with E-state index in [1.807, 2.05) is 36.4 Å². The van der Waals surface area contributed by atoms with Crippen molar-refractivity contribution in [3.8, 4) is 0 Å². The third kappa shape index (κ3) is 2.84. The summed E-state index contributed by atoms with van der Waals surface area (Å²) in [5, 5.41) is 7.11. The number of piperidine rings is 2. The molecule has 124 valence electrons. The molecule has 3 fully saturated rings. The predicted octanol–water partition coefficient (Wildman–Crippen LogP) is 3.69. The van der Waals surface area contributed by atoms with E-state index in [1.54, 1.807) is 0 Å². The maximum atomic E-state index is 12.8. The molecule has 0 aromatic heterocycles. The Bertz CT molecular complexity index is 677. The number of fused-ring (bicyclic) bond motifs is 3. The third-order valence-corrected chi connectivity index (χ3v) is 5.74. The van der Waals surface area contributed by atoms with Gasteiger partial charge in [-0.2, -0.15) is 0 Å². The highest BCUT2D eigenvalue weighted by molar-refractivity contribution is 5.94. The van der Waals surface area contributed by atoms with Gasteiger partial charge < -0.3 is 10.6 Å². The first-order valence-electron chi connectivity index (χ1n) is 8.93. The summed E-state index contributed by atoms with van der Waals surface area (Å²) in [7, 11) is 0. The lowest BCUT2D eigenvalue weighted by molar-refractivity contribution is 0.0676. The van der Waals surface area contributed by atoms with E-state index in [4.69, 9.17) is 0 Å². The zero-order valence-corrected chi connectivity index (χ0v) is 13.9. The lowest BCUT2D eigenvalue weighted by atomic mass is 9.67. The van der Waals surface area contributed by atoms with E-state index in [9.17, 15) is 4.79 Å². The molecule has 0 spiro atoms. The number of carbonyl (C=O) groups excluding carboxylic acids is 1. The fourth-order valence-electron chi connectivity index (χ4n) is 4.30. The van der Waals surface area contributed by atoms with Gasteiger partial charge in [-0.05, 0) is 55.8 Å². The fourth-order valence-corrected chi connectivity index (χ4v) is 4.30. The van der Waals surface area contributed by atoms with Crippen LogP contribution in [0, 0.1) is 5.92 Å². The van der Waals surface area contributed by atoms with E-state index < -0.39 is 0 Å². The van der Waals surface area contributed by atoms with Crippen molar-refractivity contribution in [3.05, 3.63) is 71.8 Å². The number of rotatable bonds is 4. The van der Waals surface area contributed by atoms with Gasteiger partial charge in [-0.1, -0.05) is 48.5 Å². The Morgan fingerprint density at radius 2 is 1.62 bits per heavy atom. The number of hydrogen-bond acceptors (Lipinski definition) is 2.